The lowest BCUT2D eigenvalue weighted by molar-refractivity contribution is -0.148. The highest BCUT2D eigenvalue weighted by Crippen LogP contribution is 2.66. The van der Waals surface area contributed by atoms with Gasteiger partial charge in [0.25, 0.3) is 0 Å². The number of fused-ring (bicyclic) bond motifs is 3. The summed E-state index contributed by atoms with van der Waals surface area (Å²) in [4.78, 5) is 44.7. The van der Waals surface area contributed by atoms with E-state index < -0.39 is 23.0 Å². The van der Waals surface area contributed by atoms with Crippen LogP contribution in [0.3, 0.4) is 0 Å². The van der Waals surface area contributed by atoms with Gasteiger partial charge in [-0.2, -0.15) is 0 Å². The van der Waals surface area contributed by atoms with E-state index in [1.54, 1.807) is 6.92 Å². The van der Waals surface area contributed by atoms with Crippen molar-refractivity contribution in [1.29, 1.82) is 0 Å². The Kier molecular flexibility index (Phi) is 6.23. The Morgan fingerprint density at radius 2 is 1.92 bits per heavy atom. The number of ether oxygens (including phenoxy) is 1. The zero-order chi connectivity index (χ0) is 27.7. The molecule has 7 heteroatoms. The van der Waals surface area contributed by atoms with Crippen LogP contribution in [0.4, 0.5) is 0 Å². The molecular formula is C32H38N2O5. The summed E-state index contributed by atoms with van der Waals surface area (Å²) in [5, 5.41) is 15.1. The monoisotopic (exact) mass is 530 g/mol. The van der Waals surface area contributed by atoms with Crippen LogP contribution in [-0.2, 0) is 25.5 Å². The van der Waals surface area contributed by atoms with E-state index in [1.165, 1.54) is 0 Å². The van der Waals surface area contributed by atoms with Gasteiger partial charge in [-0.1, -0.05) is 50.3 Å². The predicted molar refractivity (Wildman–Crippen MR) is 148 cm³/mol. The van der Waals surface area contributed by atoms with E-state index in [9.17, 15) is 19.5 Å². The summed E-state index contributed by atoms with van der Waals surface area (Å²) in [6.07, 6.45) is 7.67. The van der Waals surface area contributed by atoms with Gasteiger partial charge < -0.3 is 20.1 Å². The molecule has 6 rings (SSSR count). The van der Waals surface area contributed by atoms with Crippen molar-refractivity contribution in [2.24, 2.45) is 29.1 Å². The summed E-state index contributed by atoms with van der Waals surface area (Å²) in [6, 6.07) is 7.85. The van der Waals surface area contributed by atoms with Crippen LogP contribution in [0.15, 0.2) is 54.3 Å². The molecule has 7 nitrogen and oxygen atoms in total. The third-order valence-corrected chi connectivity index (χ3v) is 10.1. The fraction of sp³-hybridized carbons (Fsp3) is 0.531. The topological polar surface area (TPSA) is 112 Å². The minimum absolute atomic E-state index is 0.000298. The number of aliphatic hydroxyl groups is 1. The second-order valence-corrected chi connectivity index (χ2v) is 12.4. The SMILES string of the molecule is C/C1=C/[C@@H](C)C/C=C/C2[C@@H]3O[C@]3(C)[C@@H](C)[C@H]3[C@H](Cc4c[nH]c5ccccc45)NC(=O)[C@@]23C(=O)CC[C@H](O)C1=O. The molecule has 9 atom stereocenters. The van der Waals surface area contributed by atoms with E-state index in [4.69, 9.17) is 4.74 Å². The van der Waals surface area contributed by atoms with Crippen molar-refractivity contribution < 1.29 is 24.2 Å². The fourth-order valence-corrected chi connectivity index (χ4v) is 7.95. The molecule has 2 saturated heterocycles. The van der Waals surface area contributed by atoms with Gasteiger partial charge in [-0.3, -0.25) is 14.4 Å². The van der Waals surface area contributed by atoms with Gasteiger partial charge in [-0.15, -0.1) is 0 Å². The van der Waals surface area contributed by atoms with Gasteiger partial charge >= 0.3 is 0 Å². The smallest absolute Gasteiger partial charge is 0.235 e. The Hall–Kier alpha value is -3.03. The fourth-order valence-electron chi connectivity index (χ4n) is 7.95. The van der Waals surface area contributed by atoms with Crippen molar-refractivity contribution in [2.45, 2.75) is 77.2 Å². The molecule has 0 radical (unpaired) electrons. The van der Waals surface area contributed by atoms with Crippen LogP contribution >= 0.6 is 0 Å². The molecule has 3 heterocycles. The van der Waals surface area contributed by atoms with Gasteiger partial charge in [-0.25, -0.2) is 0 Å². The molecule has 3 fully saturated rings. The van der Waals surface area contributed by atoms with Crippen molar-refractivity contribution >= 4 is 28.4 Å². The third kappa shape index (κ3) is 3.88. The van der Waals surface area contributed by atoms with Crippen LogP contribution in [0.1, 0.15) is 52.5 Å². The number of hydrogen-bond donors (Lipinski definition) is 3. The molecule has 39 heavy (non-hydrogen) atoms. The quantitative estimate of drug-likeness (QED) is 0.308. The van der Waals surface area contributed by atoms with E-state index in [1.807, 2.05) is 49.5 Å². The Morgan fingerprint density at radius 1 is 1.15 bits per heavy atom. The highest BCUT2D eigenvalue weighted by molar-refractivity contribution is 6.09. The molecule has 3 N–H and O–H groups in total. The van der Waals surface area contributed by atoms with Crippen LogP contribution in [0.2, 0.25) is 0 Å². The molecule has 1 amide bonds. The number of carbonyl (C=O) groups excluding carboxylic acids is 3. The maximum Gasteiger partial charge on any atom is 0.235 e. The molecule has 2 aromatic rings. The average Bonchev–Trinajstić information content (AvgIpc) is 3.31. The summed E-state index contributed by atoms with van der Waals surface area (Å²) >= 11 is 0. The molecule has 2 aliphatic carbocycles. The average molecular weight is 531 g/mol. The van der Waals surface area contributed by atoms with Gasteiger partial charge in [-0.05, 0) is 62.1 Å². The van der Waals surface area contributed by atoms with Gasteiger partial charge in [0.05, 0.1) is 11.7 Å². The number of rotatable bonds is 2. The van der Waals surface area contributed by atoms with E-state index in [0.717, 1.165) is 16.5 Å². The number of para-hydroxylation sites is 1. The van der Waals surface area contributed by atoms with E-state index in [-0.39, 0.29) is 60.2 Å². The van der Waals surface area contributed by atoms with Crippen molar-refractivity contribution in [3.05, 3.63) is 59.8 Å². The summed E-state index contributed by atoms with van der Waals surface area (Å²) in [5.74, 6) is -1.48. The second-order valence-electron chi connectivity index (χ2n) is 12.4. The Morgan fingerprint density at radius 3 is 2.72 bits per heavy atom. The lowest BCUT2D eigenvalue weighted by atomic mass is 9.51. The second kappa shape index (κ2) is 9.27. The summed E-state index contributed by atoms with van der Waals surface area (Å²) in [5.41, 5.74) is 0.921. The molecule has 206 valence electrons. The number of amides is 1. The van der Waals surface area contributed by atoms with E-state index in [2.05, 4.69) is 30.2 Å². The molecule has 1 unspecified atom stereocenters. The molecule has 2 aliphatic heterocycles. The van der Waals surface area contributed by atoms with E-state index in [0.29, 0.717) is 18.4 Å². The standard InChI is InChI=1S/C32H38N2O5/c1-17-8-7-10-22-29-31(4,39-29)19(3)27-24(15-20-16-33-23-11-6-5-9-21(20)23)34-30(38)32(22,27)26(36)13-12-25(35)28(37)18(2)14-17/h5-7,9-11,14,16-17,19,22,24-25,27,29,33,35H,8,12-13,15H2,1-4H3,(H,34,38)/b10-7+,18-14-/t17-,19-,22?,24-,25-,27-,29-,31+,32+/m0/s1. The Balaban J connectivity index is 1.43. The van der Waals surface area contributed by atoms with Crippen molar-refractivity contribution in [3.8, 4) is 0 Å². The van der Waals surface area contributed by atoms with Crippen LogP contribution in [0, 0.1) is 29.1 Å². The van der Waals surface area contributed by atoms with Gasteiger partial charge in [0.15, 0.2) is 5.78 Å². The number of H-pyrrole nitrogens is 1. The van der Waals surface area contributed by atoms with Gasteiger partial charge in [0, 0.05) is 41.4 Å². The van der Waals surface area contributed by atoms with Crippen LogP contribution < -0.4 is 5.32 Å². The van der Waals surface area contributed by atoms with Gasteiger partial charge in [0.1, 0.15) is 17.3 Å². The number of hydrogen-bond acceptors (Lipinski definition) is 5. The van der Waals surface area contributed by atoms with Crippen LogP contribution in [0.5, 0.6) is 0 Å². The number of ketones is 2. The maximum atomic E-state index is 14.3. The number of benzene rings is 1. The molecule has 0 bridgehead atoms. The third-order valence-electron chi connectivity index (χ3n) is 10.1. The molecule has 1 spiro atoms. The highest BCUT2D eigenvalue weighted by atomic mass is 16.6. The number of aromatic nitrogens is 1. The summed E-state index contributed by atoms with van der Waals surface area (Å²) in [7, 11) is 0. The zero-order valence-corrected chi connectivity index (χ0v) is 23.1. The number of epoxide rings is 1. The zero-order valence-electron chi connectivity index (χ0n) is 23.1. The number of carbonyl (C=O) groups is 3. The number of Topliss-reactive ketones (excluding diaryl/α,β-unsaturated/α-hetero) is 2. The number of aliphatic hydroxyl groups excluding tert-OH is 1. The number of aromatic amines is 1. The molecule has 1 saturated carbocycles. The van der Waals surface area contributed by atoms with Crippen molar-refractivity contribution in [1.82, 2.24) is 10.3 Å². The molecule has 4 aliphatic rings. The number of allylic oxidation sites excluding steroid dienone is 2. The minimum Gasteiger partial charge on any atom is -0.385 e. The first-order chi connectivity index (χ1) is 18.6. The minimum atomic E-state index is -1.31. The first kappa shape index (κ1) is 26.2. The van der Waals surface area contributed by atoms with Gasteiger partial charge in [0.2, 0.25) is 5.91 Å². The maximum absolute atomic E-state index is 14.3. The first-order valence-electron chi connectivity index (χ1n) is 14.2. The summed E-state index contributed by atoms with van der Waals surface area (Å²) < 4.78 is 6.35. The Labute approximate surface area is 229 Å². The first-order valence-corrected chi connectivity index (χ1v) is 14.2. The van der Waals surface area contributed by atoms with Crippen LogP contribution in [-0.4, -0.2) is 51.4 Å². The lowest BCUT2D eigenvalue weighted by Crippen LogP contribution is -2.58. The molecule has 1 aromatic heterocycles. The van der Waals surface area contributed by atoms with Crippen molar-refractivity contribution in [2.75, 3.05) is 0 Å². The number of nitrogens with one attached hydrogen (secondary N) is 2. The highest BCUT2D eigenvalue weighted by Gasteiger charge is 2.78. The molecule has 1 aromatic carbocycles. The van der Waals surface area contributed by atoms with Crippen molar-refractivity contribution in [3.63, 3.8) is 0 Å². The Bertz CT molecular complexity index is 1410. The van der Waals surface area contributed by atoms with Crippen LogP contribution in [0.25, 0.3) is 10.9 Å². The lowest BCUT2D eigenvalue weighted by Gasteiger charge is -2.46. The summed E-state index contributed by atoms with van der Waals surface area (Å²) in [6.45, 7) is 7.95. The largest absolute Gasteiger partial charge is 0.385 e. The van der Waals surface area contributed by atoms with E-state index >= 15 is 0 Å². The predicted octanol–water partition coefficient (Wildman–Crippen LogP) is 4.06. The molecular weight excluding hydrogens is 492 g/mol. The normalized spacial score (nSPS) is 42.6.